The number of methoxy groups -OCH3 is 2. The smallest absolute Gasteiger partial charge is 0.229 e. The summed E-state index contributed by atoms with van der Waals surface area (Å²) >= 11 is 0. The highest BCUT2D eigenvalue weighted by molar-refractivity contribution is 5.65. The molecule has 0 saturated carbocycles. The Balaban J connectivity index is 2.16. The Morgan fingerprint density at radius 3 is 2.54 bits per heavy atom. The van der Waals surface area contributed by atoms with Gasteiger partial charge in [0.2, 0.25) is 5.95 Å². The van der Waals surface area contributed by atoms with Crippen LogP contribution in [0.25, 0.3) is 0 Å². The second-order valence-electron chi connectivity index (χ2n) is 6.02. The molecular formula is C18H26N4O2. The van der Waals surface area contributed by atoms with Crippen molar-refractivity contribution in [1.29, 1.82) is 0 Å². The highest BCUT2D eigenvalue weighted by Crippen LogP contribution is 2.30. The average molecular weight is 330 g/mol. The molecule has 1 heterocycles. The normalized spacial score (nSPS) is 10.6. The molecule has 0 radical (unpaired) electrons. The highest BCUT2D eigenvalue weighted by atomic mass is 16.5. The molecule has 24 heavy (non-hydrogen) atoms. The summed E-state index contributed by atoms with van der Waals surface area (Å²) in [5, 5.41) is 6.56. The van der Waals surface area contributed by atoms with Gasteiger partial charge in [-0.05, 0) is 31.4 Å². The molecule has 0 aliphatic heterocycles. The molecule has 0 atom stereocenters. The Morgan fingerprint density at radius 2 is 1.88 bits per heavy atom. The van der Waals surface area contributed by atoms with Crippen LogP contribution in [0.4, 0.5) is 17.5 Å². The molecule has 0 aliphatic rings. The number of nitrogens with zero attached hydrogens (tertiary/aromatic N) is 2. The van der Waals surface area contributed by atoms with Crippen molar-refractivity contribution in [3.63, 3.8) is 0 Å². The molecule has 0 spiro atoms. The van der Waals surface area contributed by atoms with E-state index in [9.17, 15) is 0 Å². The van der Waals surface area contributed by atoms with E-state index in [1.807, 2.05) is 31.2 Å². The van der Waals surface area contributed by atoms with E-state index in [0.29, 0.717) is 17.6 Å². The standard InChI is InChI=1S/C18H26N4O2/c1-12(2)8-9-19-17-10-13(3)20-18(22-17)21-15-7-6-14(23-4)11-16(15)24-5/h6-7,10-12H,8-9H2,1-5H3,(H2,19,20,21,22). The van der Waals surface area contributed by atoms with Crippen molar-refractivity contribution in [3.05, 3.63) is 30.0 Å². The number of nitrogens with one attached hydrogen (secondary N) is 2. The van der Waals surface area contributed by atoms with E-state index >= 15 is 0 Å². The summed E-state index contributed by atoms with van der Waals surface area (Å²) in [6, 6.07) is 7.51. The number of hydrogen-bond acceptors (Lipinski definition) is 6. The van der Waals surface area contributed by atoms with E-state index < -0.39 is 0 Å². The predicted octanol–water partition coefficient (Wildman–Crippen LogP) is 4.00. The Hall–Kier alpha value is -2.50. The molecule has 0 saturated heterocycles. The maximum absolute atomic E-state index is 5.40. The molecule has 1 aromatic carbocycles. The van der Waals surface area contributed by atoms with Crippen molar-refractivity contribution in [2.24, 2.45) is 5.92 Å². The predicted molar refractivity (Wildman–Crippen MR) is 97.5 cm³/mol. The largest absolute Gasteiger partial charge is 0.497 e. The van der Waals surface area contributed by atoms with Gasteiger partial charge in [-0.3, -0.25) is 0 Å². The lowest BCUT2D eigenvalue weighted by Gasteiger charge is -2.13. The first-order chi connectivity index (χ1) is 11.5. The average Bonchev–Trinajstić information content (AvgIpc) is 2.54. The zero-order valence-electron chi connectivity index (χ0n) is 15.0. The van der Waals surface area contributed by atoms with Crippen LogP contribution in [0.1, 0.15) is 26.0 Å². The van der Waals surface area contributed by atoms with E-state index in [-0.39, 0.29) is 0 Å². The summed E-state index contributed by atoms with van der Waals surface area (Å²) in [7, 11) is 3.25. The fourth-order valence-corrected chi connectivity index (χ4v) is 2.23. The third kappa shape index (κ3) is 5.01. The molecule has 0 bridgehead atoms. The van der Waals surface area contributed by atoms with E-state index in [1.165, 1.54) is 0 Å². The third-order valence-electron chi connectivity index (χ3n) is 3.54. The van der Waals surface area contributed by atoms with E-state index in [2.05, 4.69) is 34.4 Å². The van der Waals surface area contributed by atoms with Crippen LogP contribution in [0.3, 0.4) is 0 Å². The lowest BCUT2D eigenvalue weighted by Crippen LogP contribution is -2.08. The van der Waals surface area contributed by atoms with Gasteiger partial charge in [-0.25, -0.2) is 4.98 Å². The van der Waals surface area contributed by atoms with E-state index in [4.69, 9.17) is 9.47 Å². The van der Waals surface area contributed by atoms with Gasteiger partial charge in [0.15, 0.2) is 0 Å². The van der Waals surface area contributed by atoms with Gasteiger partial charge in [0.25, 0.3) is 0 Å². The number of ether oxygens (including phenoxy) is 2. The Morgan fingerprint density at radius 1 is 1.08 bits per heavy atom. The first kappa shape index (κ1) is 17.8. The van der Waals surface area contributed by atoms with Crippen LogP contribution in [0.15, 0.2) is 24.3 Å². The van der Waals surface area contributed by atoms with Gasteiger partial charge < -0.3 is 20.1 Å². The summed E-state index contributed by atoms with van der Waals surface area (Å²) in [6.07, 6.45) is 1.10. The minimum absolute atomic E-state index is 0.533. The number of rotatable bonds is 8. The van der Waals surface area contributed by atoms with Crippen molar-refractivity contribution < 1.29 is 9.47 Å². The molecule has 130 valence electrons. The van der Waals surface area contributed by atoms with Crippen molar-refractivity contribution in [2.45, 2.75) is 27.2 Å². The minimum Gasteiger partial charge on any atom is -0.497 e. The first-order valence-electron chi connectivity index (χ1n) is 8.10. The van der Waals surface area contributed by atoms with Gasteiger partial charge in [-0.1, -0.05) is 13.8 Å². The molecule has 6 heteroatoms. The van der Waals surface area contributed by atoms with Crippen molar-refractivity contribution in [3.8, 4) is 11.5 Å². The molecule has 0 amide bonds. The maximum atomic E-state index is 5.40. The Labute approximate surface area is 143 Å². The SMILES string of the molecule is COc1ccc(Nc2nc(C)cc(NCCC(C)C)n2)c(OC)c1. The first-order valence-corrected chi connectivity index (χ1v) is 8.10. The lowest BCUT2D eigenvalue weighted by atomic mass is 10.1. The monoisotopic (exact) mass is 330 g/mol. The molecule has 0 aliphatic carbocycles. The molecular weight excluding hydrogens is 304 g/mol. The van der Waals surface area contributed by atoms with Crippen molar-refractivity contribution in [2.75, 3.05) is 31.4 Å². The summed E-state index contributed by atoms with van der Waals surface area (Å²) in [5.41, 5.74) is 1.68. The van der Waals surface area contributed by atoms with Crippen molar-refractivity contribution in [1.82, 2.24) is 9.97 Å². The summed E-state index contributed by atoms with van der Waals surface area (Å²) in [6.45, 7) is 7.25. The fourth-order valence-electron chi connectivity index (χ4n) is 2.23. The molecule has 0 fully saturated rings. The lowest BCUT2D eigenvalue weighted by molar-refractivity contribution is 0.395. The molecule has 6 nitrogen and oxygen atoms in total. The molecule has 2 rings (SSSR count). The maximum Gasteiger partial charge on any atom is 0.229 e. The molecule has 0 unspecified atom stereocenters. The topological polar surface area (TPSA) is 68.3 Å². The number of benzene rings is 1. The van der Waals surface area contributed by atoms with Crippen LogP contribution in [0.5, 0.6) is 11.5 Å². The second-order valence-corrected chi connectivity index (χ2v) is 6.02. The van der Waals surface area contributed by atoms with Gasteiger partial charge in [-0.2, -0.15) is 4.98 Å². The number of aromatic nitrogens is 2. The number of aryl methyl sites for hydroxylation is 1. The number of hydrogen-bond donors (Lipinski definition) is 2. The zero-order chi connectivity index (χ0) is 17.5. The summed E-state index contributed by atoms with van der Waals surface area (Å²) < 4.78 is 10.6. The summed E-state index contributed by atoms with van der Waals surface area (Å²) in [4.78, 5) is 8.96. The molecule has 2 N–H and O–H groups in total. The van der Waals surface area contributed by atoms with Crippen LogP contribution in [0, 0.1) is 12.8 Å². The van der Waals surface area contributed by atoms with Crippen LogP contribution >= 0.6 is 0 Å². The van der Waals surface area contributed by atoms with Crippen molar-refractivity contribution >= 4 is 17.5 Å². The third-order valence-corrected chi connectivity index (χ3v) is 3.54. The summed E-state index contributed by atoms with van der Waals surface area (Å²) in [5.74, 6) is 3.41. The van der Waals surface area contributed by atoms with Gasteiger partial charge >= 0.3 is 0 Å². The number of anilines is 3. The quantitative estimate of drug-likeness (QED) is 0.762. The van der Waals surface area contributed by atoms with Gasteiger partial charge in [0.1, 0.15) is 17.3 Å². The van der Waals surface area contributed by atoms with Crippen LogP contribution < -0.4 is 20.1 Å². The molecule has 2 aromatic rings. The fraction of sp³-hybridized carbons (Fsp3) is 0.444. The van der Waals surface area contributed by atoms with Gasteiger partial charge in [-0.15, -0.1) is 0 Å². The highest BCUT2D eigenvalue weighted by Gasteiger charge is 2.08. The zero-order valence-corrected chi connectivity index (χ0v) is 15.0. The van der Waals surface area contributed by atoms with E-state index in [0.717, 1.165) is 35.9 Å². The Kier molecular flexibility index (Phi) is 6.23. The van der Waals surface area contributed by atoms with Gasteiger partial charge in [0.05, 0.1) is 19.9 Å². The second kappa shape index (κ2) is 8.38. The minimum atomic E-state index is 0.533. The Bertz CT molecular complexity index is 674. The molecule has 1 aromatic heterocycles. The van der Waals surface area contributed by atoms with Crippen LogP contribution in [-0.4, -0.2) is 30.7 Å². The van der Waals surface area contributed by atoms with Crippen LogP contribution in [0.2, 0.25) is 0 Å². The van der Waals surface area contributed by atoms with E-state index in [1.54, 1.807) is 14.2 Å². The van der Waals surface area contributed by atoms with Crippen LogP contribution in [-0.2, 0) is 0 Å². The van der Waals surface area contributed by atoms with Gasteiger partial charge in [0, 0.05) is 24.4 Å².